The molecule has 0 bridgehead atoms. The van der Waals surface area contributed by atoms with Crippen LogP contribution in [0.1, 0.15) is 21.5 Å². The molecule has 0 aromatic heterocycles. The topological polar surface area (TPSA) is 112 Å². The number of fused-ring (bicyclic) bond motifs is 6. The van der Waals surface area contributed by atoms with Crippen molar-refractivity contribution >= 4 is 13.8 Å². The van der Waals surface area contributed by atoms with Gasteiger partial charge in [0.15, 0.2) is 5.60 Å². The molecule has 154 valence electrons. The molecule has 2 heterocycles. The third kappa shape index (κ3) is 2.80. The van der Waals surface area contributed by atoms with Crippen molar-refractivity contribution in [1.29, 1.82) is 0 Å². The minimum Gasteiger partial charge on any atom is -0.497 e. The highest BCUT2D eigenvalue weighted by Crippen LogP contribution is 2.57. The predicted octanol–water partition coefficient (Wildman–Crippen LogP) is 3.05. The Morgan fingerprint density at radius 3 is 2.67 bits per heavy atom. The third-order valence-corrected chi connectivity index (χ3v) is 5.96. The molecule has 0 saturated heterocycles. The van der Waals surface area contributed by atoms with Crippen molar-refractivity contribution in [2.24, 2.45) is 5.92 Å². The molecule has 30 heavy (non-hydrogen) atoms. The summed E-state index contributed by atoms with van der Waals surface area (Å²) >= 11 is 0. The van der Waals surface area contributed by atoms with Crippen molar-refractivity contribution in [3.05, 3.63) is 83.1 Å². The molecule has 9 heteroatoms. The molecule has 0 amide bonds. The maximum Gasteiger partial charge on any atom is 0.470 e. The van der Waals surface area contributed by atoms with Crippen LogP contribution < -0.4 is 9.47 Å². The molecule has 8 nitrogen and oxygen atoms in total. The van der Waals surface area contributed by atoms with Crippen LogP contribution in [0.3, 0.4) is 0 Å². The molecule has 0 saturated carbocycles. The van der Waals surface area contributed by atoms with E-state index in [2.05, 4.69) is 0 Å². The summed E-state index contributed by atoms with van der Waals surface area (Å²) in [7, 11) is -3.19. The molecule has 1 aliphatic carbocycles. The molecule has 0 radical (unpaired) electrons. The maximum atomic E-state index is 12.7. The second kappa shape index (κ2) is 6.55. The highest BCUT2D eigenvalue weighted by atomic mass is 31.2. The Hall–Kier alpha value is -2.90. The molecule has 3 aliphatic rings. The lowest BCUT2D eigenvalue weighted by molar-refractivity contribution is -0.0154. The first-order valence-corrected chi connectivity index (χ1v) is 10.7. The number of ether oxygens (including phenoxy) is 3. The van der Waals surface area contributed by atoms with E-state index in [4.69, 9.17) is 28.5 Å². The lowest BCUT2D eigenvalue weighted by atomic mass is 9.71. The average molecular weight is 428 g/mol. The zero-order valence-corrected chi connectivity index (χ0v) is 16.6. The van der Waals surface area contributed by atoms with Crippen LogP contribution in [0.15, 0.2) is 66.5 Å². The first-order valence-electron chi connectivity index (χ1n) is 9.15. The smallest absolute Gasteiger partial charge is 0.470 e. The molecule has 2 N–H and O–H groups in total. The normalized spacial score (nSPS) is 26.2. The lowest BCUT2D eigenvalue weighted by Gasteiger charge is -2.43. The van der Waals surface area contributed by atoms with Crippen LogP contribution >= 0.6 is 7.82 Å². The monoisotopic (exact) mass is 428 g/mol. The number of carbonyl (C=O) groups is 1. The minimum atomic E-state index is -4.71. The van der Waals surface area contributed by atoms with E-state index < -0.39 is 31.4 Å². The van der Waals surface area contributed by atoms with E-state index in [-0.39, 0.29) is 0 Å². The fourth-order valence-corrected chi connectivity index (χ4v) is 4.73. The predicted molar refractivity (Wildman–Crippen MR) is 104 cm³/mol. The number of benzene rings is 2. The Labute approximate surface area is 171 Å². The molecule has 5 rings (SSSR count). The van der Waals surface area contributed by atoms with Crippen LogP contribution in [0.25, 0.3) is 0 Å². The Morgan fingerprint density at radius 2 is 1.90 bits per heavy atom. The van der Waals surface area contributed by atoms with Crippen molar-refractivity contribution in [3.63, 3.8) is 0 Å². The van der Waals surface area contributed by atoms with E-state index in [1.807, 2.05) is 12.1 Å². The Kier molecular flexibility index (Phi) is 4.17. The van der Waals surface area contributed by atoms with Crippen LogP contribution in [0.4, 0.5) is 0 Å². The molecule has 3 unspecified atom stereocenters. The van der Waals surface area contributed by atoms with Crippen molar-refractivity contribution in [1.82, 2.24) is 0 Å². The van der Waals surface area contributed by atoms with Gasteiger partial charge >= 0.3 is 13.8 Å². The largest absolute Gasteiger partial charge is 0.497 e. The minimum absolute atomic E-state index is 0.362. The molecular weight excluding hydrogens is 411 g/mol. The van der Waals surface area contributed by atoms with E-state index in [1.165, 1.54) is 19.3 Å². The van der Waals surface area contributed by atoms with Gasteiger partial charge in [0, 0.05) is 17.2 Å². The van der Waals surface area contributed by atoms with Gasteiger partial charge in [-0.2, -0.15) is 0 Å². The molecule has 2 aromatic rings. The van der Waals surface area contributed by atoms with Gasteiger partial charge in [-0.15, -0.1) is 0 Å². The Balaban J connectivity index is 1.72. The summed E-state index contributed by atoms with van der Waals surface area (Å²) in [5.41, 5.74) is 0.632. The van der Waals surface area contributed by atoms with Gasteiger partial charge < -0.3 is 24.0 Å². The summed E-state index contributed by atoms with van der Waals surface area (Å²) in [6.07, 6.45) is 3.69. The molecule has 2 aromatic carbocycles. The fraction of sp³-hybridized carbons (Fsp3) is 0.190. The van der Waals surface area contributed by atoms with Crippen molar-refractivity contribution in [2.45, 2.75) is 11.7 Å². The van der Waals surface area contributed by atoms with Gasteiger partial charge in [-0.05, 0) is 24.3 Å². The summed E-state index contributed by atoms with van der Waals surface area (Å²) in [6, 6.07) is 12.4. The highest BCUT2D eigenvalue weighted by Gasteiger charge is 2.57. The number of hydrogen-bond donors (Lipinski definition) is 2. The van der Waals surface area contributed by atoms with Gasteiger partial charge in [0.05, 0.1) is 18.6 Å². The van der Waals surface area contributed by atoms with E-state index in [9.17, 15) is 9.36 Å². The van der Waals surface area contributed by atoms with Crippen molar-refractivity contribution < 1.29 is 37.9 Å². The van der Waals surface area contributed by atoms with Crippen LogP contribution in [0.2, 0.25) is 0 Å². The Morgan fingerprint density at radius 1 is 1.10 bits per heavy atom. The van der Waals surface area contributed by atoms with E-state index >= 15 is 0 Å². The number of methoxy groups -OCH3 is 1. The number of carbonyl (C=O) groups excluding carboxylic acids is 1. The summed E-state index contributed by atoms with van der Waals surface area (Å²) in [6.45, 7) is 0. The molecular formula is C21H17O8P. The van der Waals surface area contributed by atoms with Gasteiger partial charge in [0.2, 0.25) is 0 Å². The van der Waals surface area contributed by atoms with E-state index in [0.717, 1.165) is 0 Å². The second-order valence-electron chi connectivity index (χ2n) is 7.13. The zero-order valence-electron chi connectivity index (χ0n) is 15.7. The molecule has 0 fully saturated rings. The van der Waals surface area contributed by atoms with E-state index in [1.54, 1.807) is 36.4 Å². The van der Waals surface area contributed by atoms with Gasteiger partial charge in [-0.3, -0.25) is 4.52 Å². The summed E-state index contributed by atoms with van der Waals surface area (Å²) in [5.74, 6) is 0.348. The quantitative estimate of drug-likeness (QED) is 0.436. The maximum absolute atomic E-state index is 12.7. The van der Waals surface area contributed by atoms with Crippen LogP contribution in [0.5, 0.6) is 11.5 Å². The molecule has 3 atom stereocenters. The van der Waals surface area contributed by atoms with Crippen LogP contribution in [-0.4, -0.2) is 29.0 Å². The van der Waals surface area contributed by atoms with Crippen molar-refractivity contribution in [3.8, 4) is 11.5 Å². The first-order chi connectivity index (χ1) is 14.3. The van der Waals surface area contributed by atoms with Crippen molar-refractivity contribution in [2.75, 3.05) is 7.11 Å². The van der Waals surface area contributed by atoms with Gasteiger partial charge in [-0.1, -0.05) is 30.4 Å². The highest BCUT2D eigenvalue weighted by molar-refractivity contribution is 7.46. The Bertz CT molecular complexity index is 1160. The fourth-order valence-electron chi connectivity index (χ4n) is 4.28. The van der Waals surface area contributed by atoms with Gasteiger partial charge in [0.25, 0.3) is 0 Å². The standard InChI is InChI=1S/C21H17O8P/c1-26-12-6-8-16-18(10-12)27-19-11-13(29-30(23,24)25)7-9-17(19)21(16)15-5-3-2-4-14(15)20(22)28-21/h2-11,13,17H,1H3,(H2,23,24,25). The van der Waals surface area contributed by atoms with E-state index in [0.29, 0.717) is 33.9 Å². The third-order valence-electron chi connectivity index (χ3n) is 5.44. The molecule has 2 aliphatic heterocycles. The second-order valence-corrected chi connectivity index (χ2v) is 8.32. The zero-order chi connectivity index (χ0) is 21.1. The molecule has 1 spiro atoms. The average Bonchev–Trinajstić information content (AvgIpc) is 3.00. The number of esters is 1. The van der Waals surface area contributed by atoms with Crippen LogP contribution in [0, 0.1) is 5.92 Å². The van der Waals surface area contributed by atoms with Gasteiger partial charge in [0.1, 0.15) is 23.4 Å². The van der Waals surface area contributed by atoms with Gasteiger partial charge in [-0.25, -0.2) is 9.36 Å². The number of hydrogen-bond acceptors (Lipinski definition) is 6. The number of phosphoric acid groups is 1. The number of rotatable bonds is 3. The summed E-state index contributed by atoms with van der Waals surface area (Å²) < 4.78 is 33.5. The lowest BCUT2D eigenvalue weighted by Crippen LogP contribution is -2.43. The van der Waals surface area contributed by atoms with Crippen LogP contribution in [-0.2, 0) is 19.4 Å². The summed E-state index contributed by atoms with van der Waals surface area (Å²) in [5, 5.41) is 0. The summed E-state index contributed by atoms with van der Waals surface area (Å²) in [4.78, 5) is 31.1. The first kappa shape index (κ1) is 19.1. The number of phosphoric ester groups is 1. The SMILES string of the molecule is COc1ccc2c(c1)OC1=CC(OP(=O)(O)O)C=CC1C21OC(=O)c2ccccc21.